The van der Waals surface area contributed by atoms with E-state index >= 15 is 0 Å². The van der Waals surface area contributed by atoms with Crippen LogP contribution < -0.4 is 5.32 Å². The molecule has 0 bridgehead atoms. The molecule has 1 aliphatic heterocycles. The summed E-state index contributed by atoms with van der Waals surface area (Å²) in [7, 11) is 0. The van der Waals surface area contributed by atoms with Crippen molar-refractivity contribution in [2.45, 2.75) is 10.1 Å². The molecule has 1 unspecified atom stereocenters. The lowest BCUT2D eigenvalue weighted by molar-refractivity contribution is 1.23. The predicted octanol–water partition coefficient (Wildman–Crippen LogP) is 8.06. The summed E-state index contributed by atoms with van der Waals surface area (Å²) in [5.41, 5.74) is 4.30. The van der Waals surface area contributed by atoms with Gasteiger partial charge in [-0.1, -0.05) is 69.5 Å². The summed E-state index contributed by atoms with van der Waals surface area (Å²) in [6.45, 7) is 0. The SMILES string of the molecule is Clc1ccc(C2=CC(c3ccccc3Cl)Sc3cc(Br)ccc3N2)cc1. The van der Waals surface area contributed by atoms with E-state index < -0.39 is 0 Å². The van der Waals surface area contributed by atoms with Gasteiger partial charge in [-0.05, 0) is 53.6 Å². The van der Waals surface area contributed by atoms with Crippen molar-refractivity contribution >= 4 is 62.3 Å². The number of benzene rings is 3. The fraction of sp³-hybridized carbons (Fsp3) is 0.0476. The normalized spacial score (nSPS) is 16.3. The third kappa shape index (κ3) is 3.81. The molecule has 0 spiro atoms. The summed E-state index contributed by atoms with van der Waals surface area (Å²) < 4.78 is 1.05. The van der Waals surface area contributed by atoms with Crippen LogP contribution in [-0.4, -0.2) is 0 Å². The topological polar surface area (TPSA) is 12.0 Å². The molecule has 26 heavy (non-hydrogen) atoms. The zero-order valence-corrected chi connectivity index (χ0v) is 17.5. The summed E-state index contributed by atoms with van der Waals surface area (Å²) in [6.07, 6.45) is 2.23. The van der Waals surface area contributed by atoms with Crippen molar-refractivity contribution in [2.24, 2.45) is 0 Å². The first-order valence-electron chi connectivity index (χ1n) is 8.05. The standard InChI is InChI=1S/C21H14BrCl2NS/c22-14-7-10-18-21(11-14)26-20(16-3-1-2-4-17(16)24)12-19(25-18)13-5-8-15(23)9-6-13/h1-12,20,25H. The molecular formula is C21H14BrCl2NS. The van der Waals surface area contributed by atoms with Crippen LogP contribution in [0.15, 0.2) is 82.2 Å². The molecule has 0 aliphatic carbocycles. The van der Waals surface area contributed by atoms with Gasteiger partial charge in [0.2, 0.25) is 0 Å². The first-order valence-corrected chi connectivity index (χ1v) is 10.5. The van der Waals surface area contributed by atoms with Crippen molar-refractivity contribution in [1.82, 2.24) is 0 Å². The largest absolute Gasteiger partial charge is 0.354 e. The molecule has 3 aromatic carbocycles. The minimum atomic E-state index is 0.0948. The molecule has 5 heteroatoms. The van der Waals surface area contributed by atoms with Gasteiger partial charge in [-0.3, -0.25) is 0 Å². The van der Waals surface area contributed by atoms with Gasteiger partial charge in [0.15, 0.2) is 0 Å². The highest BCUT2D eigenvalue weighted by Crippen LogP contribution is 2.47. The number of thioether (sulfide) groups is 1. The van der Waals surface area contributed by atoms with E-state index in [0.29, 0.717) is 0 Å². The summed E-state index contributed by atoms with van der Waals surface area (Å²) in [5, 5.41) is 5.17. The summed E-state index contributed by atoms with van der Waals surface area (Å²) in [5.74, 6) is 0. The van der Waals surface area contributed by atoms with Gasteiger partial charge in [0.25, 0.3) is 0 Å². The molecule has 0 fully saturated rings. The Balaban J connectivity index is 1.84. The van der Waals surface area contributed by atoms with Gasteiger partial charge in [-0.2, -0.15) is 0 Å². The number of nitrogens with one attached hydrogen (secondary N) is 1. The van der Waals surface area contributed by atoms with E-state index in [9.17, 15) is 0 Å². The van der Waals surface area contributed by atoms with E-state index in [4.69, 9.17) is 23.2 Å². The summed E-state index contributed by atoms with van der Waals surface area (Å²) >= 11 is 17.9. The quantitative estimate of drug-likeness (QED) is 0.413. The average Bonchev–Trinajstić information content (AvgIpc) is 2.82. The van der Waals surface area contributed by atoms with E-state index in [1.807, 2.05) is 48.5 Å². The maximum absolute atomic E-state index is 6.49. The zero-order chi connectivity index (χ0) is 18.1. The van der Waals surface area contributed by atoms with Gasteiger partial charge in [-0.25, -0.2) is 0 Å². The Kier molecular flexibility index (Phi) is 5.32. The van der Waals surface area contributed by atoms with E-state index in [0.717, 1.165) is 37.0 Å². The second-order valence-corrected chi connectivity index (χ2v) is 8.86. The van der Waals surface area contributed by atoms with Crippen LogP contribution in [0.25, 0.3) is 5.70 Å². The Labute approximate surface area is 175 Å². The molecule has 4 rings (SSSR count). The minimum Gasteiger partial charge on any atom is -0.354 e. The van der Waals surface area contributed by atoms with E-state index in [1.54, 1.807) is 11.8 Å². The Morgan fingerprint density at radius 3 is 2.46 bits per heavy atom. The lowest BCUT2D eigenvalue weighted by atomic mass is 10.1. The molecule has 1 heterocycles. The van der Waals surface area contributed by atoms with Crippen molar-refractivity contribution < 1.29 is 0 Å². The van der Waals surface area contributed by atoms with Crippen LogP contribution in [0.5, 0.6) is 0 Å². The predicted molar refractivity (Wildman–Crippen MR) is 117 cm³/mol. The summed E-state index contributed by atoms with van der Waals surface area (Å²) in [6, 6.07) is 22.1. The Morgan fingerprint density at radius 2 is 1.69 bits per heavy atom. The van der Waals surface area contributed by atoms with E-state index in [2.05, 4.69) is 45.5 Å². The minimum absolute atomic E-state index is 0.0948. The Hall–Kier alpha value is -1.39. The summed E-state index contributed by atoms with van der Waals surface area (Å²) in [4.78, 5) is 1.17. The molecule has 3 aromatic rings. The van der Waals surface area contributed by atoms with Gasteiger partial charge in [-0.15, -0.1) is 11.8 Å². The molecule has 0 amide bonds. The third-order valence-electron chi connectivity index (χ3n) is 4.15. The van der Waals surface area contributed by atoms with Crippen LogP contribution in [0.4, 0.5) is 5.69 Å². The highest BCUT2D eigenvalue weighted by atomic mass is 79.9. The van der Waals surface area contributed by atoms with Gasteiger partial charge < -0.3 is 5.32 Å². The molecule has 1 atom stereocenters. The molecule has 1 nitrogen and oxygen atoms in total. The third-order valence-corrected chi connectivity index (χ3v) is 6.48. The number of halogens is 3. The maximum atomic E-state index is 6.49. The first-order chi connectivity index (χ1) is 12.6. The number of hydrogen-bond acceptors (Lipinski definition) is 2. The van der Waals surface area contributed by atoms with Crippen LogP contribution >= 0.6 is 50.9 Å². The fourth-order valence-corrected chi connectivity index (χ4v) is 5.07. The first kappa shape index (κ1) is 18.0. The molecule has 0 aromatic heterocycles. The zero-order valence-electron chi connectivity index (χ0n) is 13.5. The van der Waals surface area contributed by atoms with Gasteiger partial charge in [0, 0.05) is 25.1 Å². The van der Waals surface area contributed by atoms with E-state index in [-0.39, 0.29) is 5.25 Å². The number of hydrogen-bond donors (Lipinski definition) is 1. The molecule has 1 N–H and O–H groups in total. The molecule has 1 aliphatic rings. The highest BCUT2D eigenvalue weighted by molar-refractivity contribution is 9.10. The maximum Gasteiger partial charge on any atom is 0.0563 e. The molecule has 0 radical (unpaired) electrons. The second kappa shape index (κ2) is 7.69. The van der Waals surface area contributed by atoms with Crippen LogP contribution in [0.1, 0.15) is 16.4 Å². The van der Waals surface area contributed by atoms with Crippen LogP contribution in [-0.2, 0) is 0 Å². The van der Waals surface area contributed by atoms with Crippen molar-refractivity contribution in [3.05, 3.63) is 98.5 Å². The van der Waals surface area contributed by atoms with Crippen LogP contribution in [0, 0.1) is 0 Å². The molecular weight excluding hydrogens is 449 g/mol. The van der Waals surface area contributed by atoms with Gasteiger partial charge in [0.1, 0.15) is 0 Å². The molecule has 0 saturated carbocycles. The van der Waals surface area contributed by atoms with Gasteiger partial charge in [0.05, 0.1) is 10.9 Å². The van der Waals surface area contributed by atoms with Crippen molar-refractivity contribution in [2.75, 3.05) is 5.32 Å². The monoisotopic (exact) mass is 461 g/mol. The lowest BCUT2D eigenvalue weighted by Crippen LogP contribution is -1.99. The van der Waals surface area contributed by atoms with Crippen LogP contribution in [0.3, 0.4) is 0 Å². The molecule has 130 valence electrons. The lowest BCUT2D eigenvalue weighted by Gasteiger charge is -2.14. The van der Waals surface area contributed by atoms with Gasteiger partial charge >= 0.3 is 0 Å². The number of fused-ring (bicyclic) bond motifs is 1. The smallest absolute Gasteiger partial charge is 0.0563 e. The van der Waals surface area contributed by atoms with Crippen LogP contribution in [0.2, 0.25) is 10.0 Å². The van der Waals surface area contributed by atoms with E-state index in [1.165, 1.54) is 4.90 Å². The fourth-order valence-electron chi connectivity index (χ4n) is 2.86. The average molecular weight is 463 g/mol. The van der Waals surface area contributed by atoms with Crippen molar-refractivity contribution in [3.63, 3.8) is 0 Å². The molecule has 0 saturated heterocycles. The number of anilines is 1. The van der Waals surface area contributed by atoms with Crippen molar-refractivity contribution in [3.8, 4) is 0 Å². The number of rotatable bonds is 2. The van der Waals surface area contributed by atoms with Crippen molar-refractivity contribution in [1.29, 1.82) is 0 Å². The highest BCUT2D eigenvalue weighted by Gasteiger charge is 2.21. The second-order valence-electron chi connectivity index (χ2n) is 5.91. The Morgan fingerprint density at radius 1 is 0.923 bits per heavy atom. The Bertz CT molecular complexity index is 986.